The highest BCUT2D eigenvalue weighted by molar-refractivity contribution is 5.82. The number of hydrazone groups is 1. The maximum atomic E-state index is 12.4. The Balaban J connectivity index is 1.92. The fourth-order valence-corrected chi connectivity index (χ4v) is 3.24. The molecular weight excluding hydrogens is 418 g/mol. The van der Waals surface area contributed by atoms with E-state index in [1.54, 1.807) is 24.4 Å². The van der Waals surface area contributed by atoms with E-state index in [0.29, 0.717) is 36.7 Å². The molecule has 0 bridgehead atoms. The van der Waals surface area contributed by atoms with Gasteiger partial charge in [-0.05, 0) is 38.0 Å². The molecule has 0 fully saturated rings. The molecule has 3 aromatic rings. The molecule has 0 amide bonds. The molecule has 0 saturated carbocycles. The lowest BCUT2D eigenvalue weighted by Crippen LogP contribution is -2.16. The summed E-state index contributed by atoms with van der Waals surface area (Å²) < 4.78 is 11.5. The zero-order valence-corrected chi connectivity index (χ0v) is 18.6. The predicted octanol–water partition coefficient (Wildman–Crippen LogP) is 4.28. The summed E-state index contributed by atoms with van der Waals surface area (Å²) in [5.41, 5.74) is 4.78. The number of H-pyrrole nitrogens is 1. The standard InChI is InChI=1S/C25H25N5O3/c1-4-10-19-13-17(14-21(32-5-2)23(19)33-6-3)16-27-30-25-28-22(18-11-8-7-9-12-18)20(15-26)24(31)29-25/h4,7-9,11-14,16H,1,5-6,10H2,2-3H3,(H2,28,29,30,31). The van der Waals surface area contributed by atoms with Crippen molar-refractivity contribution in [1.29, 1.82) is 5.26 Å². The van der Waals surface area contributed by atoms with Crippen LogP contribution in [0.2, 0.25) is 0 Å². The molecule has 2 N–H and O–H groups in total. The summed E-state index contributed by atoms with van der Waals surface area (Å²) in [6.45, 7) is 8.64. The van der Waals surface area contributed by atoms with E-state index in [1.165, 1.54) is 0 Å². The number of anilines is 1. The molecule has 0 radical (unpaired) electrons. The molecule has 1 heterocycles. The van der Waals surface area contributed by atoms with Crippen molar-refractivity contribution in [1.82, 2.24) is 9.97 Å². The van der Waals surface area contributed by atoms with Crippen LogP contribution in [-0.4, -0.2) is 29.4 Å². The molecule has 33 heavy (non-hydrogen) atoms. The lowest BCUT2D eigenvalue weighted by Gasteiger charge is -2.15. The van der Waals surface area contributed by atoms with Gasteiger partial charge in [-0.25, -0.2) is 10.4 Å². The van der Waals surface area contributed by atoms with Crippen LogP contribution in [-0.2, 0) is 6.42 Å². The zero-order valence-electron chi connectivity index (χ0n) is 18.6. The van der Waals surface area contributed by atoms with Gasteiger partial charge in [0, 0.05) is 11.1 Å². The first kappa shape index (κ1) is 23.3. The molecule has 0 aliphatic heterocycles. The van der Waals surface area contributed by atoms with Gasteiger partial charge in [0.2, 0.25) is 5.95 Å². The summed E-state index contributed by atoms with van der Waals surface area (Å²) in [4.78, 5) is 19.3. The van der Waals surface area contributed by atoms with Gasteiger partial charge in [0.05, 0.1) is 25.1 Å². The Bertz CT molecular complexity index is 1240. The van der Waals surface area contributed by atoms with Crippen LogP contribution in [0.4, 0.5) is 5.95 Å². The minimum Gasteiger partial charge on any atom is -0.490 e. The van der Waals surface area contributed by atoms with Gasteiger partial charge in [0.1, 0.15) is 11.6 Å². The molecular formula is C25H25N5O3. The minimum atomic E-state index is -0.544. The van der Waals surface area contributed by atoms with Crippen molar-refractivity contribution < 1.29 is 9.47 Å². The number of nitriles is 1. The average molecular weight is 444 g/mol. The molecule has 2 aromatic carbocycles. The van der Waals surface area contributed by atoms with Crippen molar-refractivity contribution in [2.75, 3.05) is 18.6 Å². The minimum absolute atomic E-state index is 0.0577. The van der Waals surface area contributed by atoms with Crippen LogP contribution in [0.3, 0.4) is 0 Å². The highest BCUT2D eigenvalue weighted by atomic mass is 16.5. The van der Waals surface area contributed by atoms with Gasteiger partial charge in [-0.15, -0.1) is 6.58 Å². The zero-order chi connectivity index (χ0) is 23.6. The SMILES string of the molecule is C=CCc1cc(C=NNc2nc(-c3ccccc3)c(C#N)c(=O)[nH]2)cc(OCC)c1OCC. The number of aromatic nitrogens is 2. The van der Waals surface area contributed by atoms with Crippen molar-refractivity contribution in [3.63, 3.8) is 0 Å². The topological polar surface area (TPSA) is 112 Å². The van der Waals surface area contributed by atoms with Gasteiger partial charge in [0.15, 0.2) is 11.5 Å². The summed E-state index contributed by atoms with van der Waals surface area (Å²) in [5.74, 6) is 1.43. The molecule has 168 valence electrons. The fourth-order valence-electron chi connectivity index (χ4n) is 3.24. The van der Waals surface area contributed by atoms with Gasteiger partial charge in [-0.2, -0.15) is 10.4 Å². The van der Waals surface area contributed by atoms with Gasteiger partial charge >= 0.3 is 0 Å². The third kappa shape index (κ3) is 5.66. The van der Waals surface area contributed by atoms with Crippen molar-refractivity contribution in [3.8, 4) is 28.8 Å². The Morgan fingerprint density at radius 3 is 2.64 bits per heavy atom. The largest absolute Gasteiger partial charge is 0.490 e. The van der Waals surface area contributed by atoms with Crippen molar-refractivity contribution in [3.05, 3.63) is 82.2 Å². The summed E-state index contributed by atoms with van der Waals surface area (Å²) >= 11 is 0. The molecule has 1 aromatic heterocycles. The second kappa shape index (κ2) is 11.3. The van der Waals surface area contributed by atoms with E-state index in [1.807, 2.05) is 50.2 Å². The van der Waals surface area contributed by atoms with E-state index in [0.717, 1.165) is 11.1 Å². The maximum Gasteiger partial charge on any atom is 0.270 e. The Morgan fingerprint density at radius 2 is 1.97 bits per heavy atom. The molecule has 0 atom stereocenters. The second-order valence-electron chi connectivity index (χ2n) is 6.85. The monoisotopic (exact) mass is 443 g/mol. The summed E-state index contributed by atoms with van der Waals surface area (Å²) in [7, 11) is 0. The number of nitrogens with one attached hydrogen (secondary N) is 2. The lowest BCUT2D eigenvalue weighted by molar-refractivity contribution is 0.285. The highest BCUT2D eigenvalue weighted by Crippen LogP contribution is 2.33. The molecule has 3 rings (SSSR count). The second-order valence-corrected chi connectivity index (χ2v) is 6.85. The Hall–Kier alpha value is -4.38. The van der Waals surface area contributed by atoms with Crippen LogP contribution in [0.25, 0.3) is 11.3 Å². The number of benzene rings is 2. The lowest BCUT2D eigenvalue weighted by atomic mass is 10.1. The predicted molar refractivity (Wildman–Crippen MR) is 129 cm³/mol. The van der Waals surface area contributed by atoms with Crippen molar-refractivity contribution >= 4 is 12.2 Å². The van der Waals surface area contributed by atoms with Crippen LogP contribution in [0, 0.1) is 11.3 Å². The normalized spacial score (nSPS) is 10.6. The van der Waals surface area contributed by atoms with Crippen LogP contribution in [0.1, 0.15) is 30.5 Å². The first-order chi connectivity index (χ1) is 16.1. The fraction of sp³-hybridized carbons (Fsp3) is 0.200. The van der Waals surface area contributed by atoms with Gasteiger partial charge < -0.3 is 9.47 Å². The molecule has 8 nitrogen and oxygen atoms in total. The number of rotatable bonds is 10. The van der Waals surface area contributed by atoms with E-state index in [9.17, 15) is 10.1 Å². The third-order valence-electron chi connectivity index (χ3n) is 4.57. The van der Waals surface area contributed by atoms with E-state index >= 15 is 0 Å². The quantitative estimate of drug-likeness (QED) is 0.275. The summed E-state index contributed by atoms with van der Waals surface area (Å²) in [6, 6.07) is 14.7. The van der Waals surface area contributed by atoms with E-state index in [2.05, 4.69) is 27.1 Å². The van der Waals surface area contributed by atoms with Crippen molar-refractivity contribution in [2.24, 2.45) is 5.10 Å². The maximum absolute atomic E-state index is 12.4. The first-order valence-electron chi connectivity index (χ1n) is 10.5. The van der Waals surface area contributed by atoms with Crippen molar-refractivity contribution in [2.45, 2.75) is 20.3 Å². The number of hydrogen-bond donors (Lipinski definition) is 2. The molecule has 0 unspecified atom stereocenters. The summed E-state index contributed by atoms with van der Waals surface area (Å²) in [6.07, 6.45) is 3.99. The number of aromatic amines is 1. The highest BCUT2D eigenvalue weighted by Gasteiger charge is 2.14. The Kier molecular flexibility index (Phi) is 7.97. The average Bonchev–Trinajstić information content (AvgIpc) is 2.82. The number of hydrogen-bond acceptors (Lipinski definition) is 7. The van der Waals surface area contributed by atoms with Gasteiger partial charge in [0.25, 0.3) is 5.56 Å². The number of allylic oxidation sites excluding steroid dienone is 1. The summed E-state index contributed by atoms with van der Waals surface area (Å²) in [5, 5.41) is 13.6. The molecule has 0 saturated heterocycles. The Morgan fingerprint density at radius 1 is 1.21 bits per heavy atom. The van der Waals surface area contributed by atoms with E-state index < -0.39 is 5.56 Å². The molecule has 8 heteroatoms. The van der Waals surface area contributed by atoms with Crippen LogP contribution in [0.15, 0.2) is 65.0 Å². The Labute approximate surface area is 192 Å². The smallest absolute Gasteiger partial charge is 0.270 e. The van der Waals surface area contributed by atoms with Crippen LogP contribution < -0.4 is 20.5 Å². The van der Waals surface area contributed by atoms with Gasteiger partial charge in [-0.1, -0.05) is 36.4 Å². The van der Waals surface area contributed by atoms with E-state index in [-0.39, 0.29) is 17.2 Å². The third-order valence-corrected chi connectivity index (χ3v) is 4.57. The first-order valence-corrected chi connectivity index (χ1v) is 10.5. The van der Waals surface area contributed by atoms with Crippen LogP contribution >= 0.6 is 0 Å². The van der Waals surface area contributed by atoms with Gasteiger partial charge in [-0.3, -0.25) is 9.78 Å². The molecule has 0 spiro atoms. The number of nitrogens with zero attached hydrogens (tertiary/aromatic N) is 3. The van der Waals surface area contributed by atoms with E-state index in [4.69, 9.17) is 9.47 Å². The van der Waals surface area contributed by atoms with Crippen LogP contribution in [0.5, 0.6) is 11.5 Å². The molecule has 0 aliphatic carbocycles. The number of ether oxygens (including phenoxy) is 2. The molecule has 0 aliphatic rings.